The number of Topliss-reactive ketones (excluding diaryl/α,β-unsaturated/α-hetero) is 1. The van der Waals surface area contributed by atoms with Crippen molar-refractivity contribution in [2.75, 3.05) is 0 Å². The fraction of sp³-hybridized carbons (Fsp3) is 0.250. The minimum atomic E-state index is 0.0235. The van der Waals surface area contributed by atoms with Gasteiger partial charge in [-0.1, -0.05) is 18.5 Å². The predicted octanol–water partition coefficient (Wildman–Crippen LogP) is 4.74. The first-order valence-corrected chi connectivity index (χ1v) is 6.83. The first-order chi connectivity index (χ1) is 9.51. The Morgan fingerprint density at radius 1 is 1.25 bits per heavy atom. The summed E-state index contributed by atoms with van der Waals surface area (Å²) in [5, 5.41) is 0.689. The van der Waals surface area contributed by atoms with Gasteiger partial charge in [-0.25, -0.2) is 4.98 Å². The highest BCUT2D eigenvalue weighted by Gasteiger charge is 2.09. The molecule has 0 atom stereocenters. The van der Waals surface area contributed by atoms with Crippen molar-refractivity contribution in [3.05, 3.63) is 52.3 Å². The van der Waals surface area contributed by atoms with E-state index in [0.717, 1.165) is 16.9 Å². The molecule has 0 aliphatic rings. The molecule has 2 rings (SSSR count). The largest absolute Gasteiger partial charge is 0.455 e. The van der Waals surface area contributed by atoms with Crippen LogP contribution in [-0.4, -0.2) is 10.8 Å². The van der Waals surface area contributed by atoms with Crippen molar-refractivity contribution < 1.29 is 9.53 Å². The van der Waals surface area contributed by atoms with Crippen LogP contribution in [0.25, 0.3) is 0 Å². The molecule has 0 aliphatic carbocycles. The average Bonchev–Trinajstić information content (AvgIpc) is 2.42. The first kappa shape index (κ1) is 14.5. The molecule has 0 radical (unpaired) electrons. The maximum absolute atomic E-state index is 11.5. The second kappa shape index (κ2) is 6.06. The summed E-state index contributed by atoms with van der Waals surface area (Å²) in [6.07, 6.45) is 2.01. The topological polar surface area (TPSA) is 39.2 Å². The van der Waals surface area contributed by atoms with Gasteiger partial charge in [-0.05, 0) is 49.2 Å². The minimum absolute atomic E-state index is 0.0235. The van der Waals surface area contributed by atoms with E-state index in [9.17, 15) is 4.79 Å². The van der Waals surface area contributed by atoms with Crippen LogP contribution in [0.1, 0.15) is 35.0 Å². The van der Waals surface area contributed by atoms with Crippen molar-refractivity contribution in [1.82, 2.24) is 4.98 Å². The number of nitrogens with zero attached hydrogens (tertiary/aromatic N) is 1. The smallest absolute Gasteiger partial charge is 0.180 e. The maximum Gasteiger partial charge on any atom is 0.180 e. The summed E-state index contributed by atoms with van der Waals surface area (Å²) in [6.45, 7) is 5.70. The molecule has 0 fully saturated rings. The lowest BCUT2D eigenvalue weighted by atomic mass is 10.1. The number of aromatic nitrogens is 1. The molecule has 20 heavy (non-hydrogen) atoms. The van der Waals surface area contributed by atoms with E-state index in [4.69, 9.17) is 16.3 Å². The van der Waals surface area contributed by atoms with Crippen LogP contribution in [0.2, 0.25) is 5.02 Å². The molecule has 1 aromatic carbocycles. The van der Waals surface area contributed by atoms with E-state index in [1.807, 2.05) is 32.9 Å². The molecular formula is C16H16ClNO2. The molecule has 2 aromatic rings. The Kier molecular flexibility index (Phi) is 4.40. The third-order valence-corrected chi connectivity index (χ3v) is 3.21. The first-order valence-electron chi connectivity index (χ1n) is 6.45. The number of benzene rings is 1. The van der Waals surface area contributed by atoms with E-state index in [0.29, 0.717) is 22.9 Å². The SMILES string of the molecule is CCC(=O)c1ccc(Oc2c(C)cc(Cl)cc2C)cn1. The third kappa shape index (κ3) is 3.17. The van der Waals surface area contributed by atoms with Gasteiger partial charge in [-0.2, -0.15) is 0 Å². The lowest BCUT2D eigenvalue weighted by Gasteiger charge is -2.12. The fourth-order valence-corrected chi connectivity index (χ4v) is 2.29. The summed E-state index contributed by atoms with van der Waals surface area (Å²) >= 11 is 5.99. The van der Waals surface area contributed by atoms with Gasteiger partial charge in [0.1, 0.15) is 17.2 Å². The zero-order valence-electron chi connectivity index (χ0n) is 11.7. The van der Waals surface area contributed by atoms with Crippen molar-refractivity contribution in [1.29, 1.82) is 0 Å². The molecule has 4 heteroatoms. The molecule has 104 valence electrons. The Labute approximate surface area is 123 Å². The van der Waals surface area contributed by atoms with Gasteiger partial charge in [0, 0.05) is 11.4 Å². The summed E-state index contributed by atoms with van der Waals surface area (Å²) in [7, 11) is 0. The second-order valence-electron chi connectivity index (χ2n) is 4.63. The van der Waals surface area contributed by atoms with Crippen molar-refractivity contribution in [3.8, 4) is 11.5 Å². The highest BCUT2D eigenvalue weighted by molar-refractivity contribution is 6.30. The van der Waals surface area contributed by atoms with E-state index < -0.39 is 0 Å². The van der Waals surface area contributed by atoms with Crippen LogP contribution in [0.15, 0.2) is 30.5 Å². The number of hydrogen-bond donors (Lipinski definition) is 0. The van der Waals surface area contributed by atoms with Gasteiger partial charge >= 0.3 is 0 Å². The van der Waals surface area contributed by atoms with E-state index in [2.05, 4.69) is 4.98 Å². The van der Waals surface area contributed by atoms with Crippen LogP contribution >= 0.6 is 11.6 Å². The van der Waals surface area contributed by atoms with Gasteiger partial charge in [0.05, 0.1) is 6.20 Å². The van der Waals surface area contributed by atoms with E-state index >= 15 is 0 Å². The molecular weight excluding hydrogens is 274 g/mol. The molecule has 0 aliphatic heterocycles. The summed E-state index contributed by atoms with van der Waals surface area (Å²) in [5.41, 5.74) is 2.39. The van der Waals surface area contributed by atoms with E-state index in [-0.39, 0.29) is 5.78 Å². The molecule has 0 saturated carbocycles. The monoisotopic (exact) mass is 289 g/mol. The zero-order chi connectivity index (χ0) is 14.7. The number of aryl methyl sites for hydroxylation is 2. The molecule has 3 nitrogen and oxygen atoms in total. The summed E-state index contributed by atoms with van der Waals surface area (Å²) in [6, 6.07) is 7.14. The van der Waals surface area contributed by atoms with Gasteiger partial charge in [-0.3, -0.25) is 4.79 Å². The van der Waals surface area contributed by atoms with Crippen LogP contribution < -0.4 is 4.74 Å². The number of carbonyl (C=O) groups is 1. The summed E-state index contributed by atoms with van der Waals surface area (Å²) in [4.78, 5) is 15.6. The molecule has 0 saturated heterocycles. The summed E-state index contributed by atoms with van der Waals surface area (Å²) in [5.74, 6) is 1.40. The zero-order valence-corrected chi connectivity index (χ0v) is 12.5. The Morgan fingerprint density at radius 2 is 1.90 bits per heavy atom. The van der Waals surface area contributed by atoms with Gasteiger partial charge in [-0.15, -0.1) is 0 Å². The minimum Gasteiger partial charge on any atom is -0.455 e. The Balaban J connectivity index is 2.25. The Morgan fingerprint density at radius 3 is 2.40 bits per heavy atom. The normalized spacial score (nSPS) is 10.4. The lowest BCUT2D eigenvalue weighted by Crippen LogP contribution is -2.00. The van der Waals surface area contributed by atoms with Crippen molar-refractivity contribution in [2.24, 2.45) is 0 Å². The Hall–Kier alpha value is -1.87. The molecule has 1 heterocycles. The molecule has 1 aromatic heterocycles. The molecule has 0 spiro atoms. The number of carbonyl (C=O) groups excluding carboxylic acids is 1. The number of hydrogen-bond acceptors (Lipinski definition) is 3. The standard InChI is InChI=1S/C16H16ClNO2/c1-4-15(19)14-6-5-13(9-18-14)20-16-10(2)7-12(17)8-11(16)3/h5-9H,4H2,1-3H3. The van der Waals surface area contributed by atoms with Gasteiger partial charge < -0.3 is 4.74 Å². The van der Waals surface area contributed by atoms with Crippen LogP contribution in [0.5, 0.6) is 11.5 Å². The van der Waals surface area contributed by atoms with E-state index in [1.165, 1.54) is 0 Å². The summed E-state index contributed by atoms with van der Waals surface area (Å²) < 4.78 is 5.83. The van der Waals surface area contributed by atoms with E-state index in [1.54, 1.807) is 18.3 Å². The number of ether oxygens (including phenoxy) is 1. The number of halogens is 1. The van der Waals surface area contributed by atoms with Gasteiger partial charge in [0.2, 0.25) is 0 Å². The van der Waals surface area contributed by atoms with Crippen LogP contribution in [0.3, 0.4) is 0 Å². The molecule has 0 amide bonds. The molecule has 0 N–H and O–H groups in total. The van der Waals surface area contributed by atoms with Gasteiger partial charge in [0.25, 0.3) is 0 Å². The van der Waals surface area contributed by atoms with Crippen molar-refractivity contribution >= 4 is 17.4 Å². The van der Waals surface area contributed by atoms with Crippen LogP contribution in [-0.2, 0) is 0 Å². The highest BCUT2D eigenvalue weighted by atomic mass is 35.5. The predicted molar refractivity (Wildman–Crippen MR) is 79.9 cm³/mol. The molecule has 0 bridgehead atoms. The van der Waals surface area contributed by atoms with Crippen LogP contribution in [0, 0.1) is 13.8 Å². The number of pyridine rings is 1. The van der Waals surface area contributed by atoms with Crippen molar-refractivity contribution in [2.45, 2.75) is 27.2 Å². The maximum atomic E-state index is 11.5. The van der Waals surface area contributed by atoms with Crippen LogP contribution in [0.4, 0.5) is 0 Å². The van der Waals surface area contributed by atoms with Crippen molar-refractivity contribution in [3.63, 3.8) is 0 Å². The lowest BCUT2D eigenvalue weighted by molar-refractivity contribution is 0.0983. The fourth-order valence-electron chi connectivity index (χ4n) is 1.96. The average molecular weight is 290 g/mol. The quantitative estimate of drug-likeness (QED) is 0.763. The highest BCUT2D eigenvalue weighted by Crippen LogP contribution is 2.31. The third-order valence-electron chi connectivity index (χ3n) is 2.99. The molecule has 0 unspecified atom stereocenters. The second-order valence-corrected chi connectivity index (χ2v) is 5.06. The number of ketones is 1. The number of rotatable bonds is 4. The van der Waals surface area contributed by atoms with Gasteiger partial charge in [0.15, 0.2) is 5.78 Å². The Bertz CT molecular complexity index is 612.